The van der Waals surface area contributed by atoms with E-state index in [1.165, 1.54) is 22.8 Å². The molecule has 100 valence electrons. The van der Waals surface area contributed by atoms with Gasteiger partial charge < -0.3 is 10.2 Å². The van der Waals surface area contributed by atoms with Crippen LogP contribution in [0, 0.1) is 5.92 Å². The van der Waals surface area contributed by atoms with Gasteiger partial charge >= 0.3 is 0 Å². The van der Waals surface area contributed by atoms with Gasteiger partial charge in [0.15, 0.2) is 0 Å². The number of benzene rings is 2. The van der Waals surface area contributed by atoms with E-state index in [9.17, 15) is 0 Å². The van der Waals surface area contributed by atoms with Gasteiger partial charge in [0, 0.05) is 6.04 Å². The van der Waals surface area contributed by atoms with Crippen molar-refractivity contribution < 1.29 is 0 Å². The van der Waals surface area contributed by atoms with Gasteiger partial charge in [0.2, 0.25) is 0 Å². The molecule has 3 rings (SSSR count). The van der Waals surface area contributed by atoms with Crippen molar-refractivity contribution in [1.29, 1.82) is 0 Å². The first-order chi connectivity index (χ1) is 9.25. The van der Waals surface area contributed by atoms with Crippen molar-refractivity contribution in [2.24, 2.45) is 5.92 Å². The summed E-state index contributed by atoms with van der Waals surface area (Å²) >= 11 is 0. The molecule has 2 aromatic carbocycles. The van der Waals surface area contributed by atoms with E-state index in [0.29, 0.717) is 6.04 Å². The molecule has 2 heteroatoms. The van der Waals surface area contributed by atoms with Crippen molar-refractivity contribution in [2.45, 2.75) is 12.5 Å². The van der Waals surface area contributed by atoms with E-state index >= 15 is 0 Å². The Kier molecular flexibility index (Phi) is 3.54. The lowest BCUT2D eigenvalue weighted by Gasteiger charge is -2.30. The topological polar surface area (TPSA) is 15.3 Å². The van der Waals surface area contributed by atoms with Gasteiger partial charge in [0.05, 0.1) is 0 Å². The number of fused-ring (bicyclic) bond motifs is 1. The van der Waals surface area contributed by atoms with Gasteiger partial charge in [-0.25, -0.2) is 0 Å². The van der Waals surface area contributed by atoms with Crippen LogP contribution in [0.1, 0.15) is 18.0 Å². The predicted octanol–water partition coefficient (Wildman–Crippen LogP) is 3.05. The minimum Gasteiger partial charge on any atom is -0.316 e. The first-order valence-corrected chi connectivity index (χ1v) is 7.11. The van der Waals surface area contributed by atoms with Crippen molar-refractivity contribution in [1.82, 2.24) is 10.2 Å². The molecular formula is C17H22N2. The Balaban J connectivity index is 1.99. The van der Waals surface area contributed by atoms with Crippen LogP contribution in [0.15, 0.2) is 42.5 Å². The van der Waals surface area contributed by atoms with Gasteiger partial charge in [-0.3, -0.25) is 0 Å². The molecule has 1 saturated heterocycles. The summed E-state index contributed by atoms with van der Waals surface area (Å²) in [6.45, 7) is 2.29. The standard InChI is InChI=1S/C17H22N2/c1-19(2)17(16-9-10-18-12-16)15-8-7-13-5-3-4-6-14(13)11-15/h3-8,11,16-18H,9-10,12H2,1-2H3. The minimum absolute atomic E-state index is 0.514. The summed E-state index contributed by atoms with van der Waals surface area (Å²) in [5, 5.41) is 6.16. The highest BCUT2D eigenvalue weighted by molar-refractivity contribution is 5.83. The Hall–Kier alpha value is -1.38. The zero-order chi connectivity index (χ0) is 13.2. The lowest BCUT2D eigenvalue weighted by atomic mass is 9.90. The molecule has 0 aliphatic carbocycles. The van der Waals surface area contributed by atoms with Crippen LogP contribution in [0.25, 0.3) is 10.8 Å². The Morgan fingerprint density at radius 2 is 1.89 bits per heavy atom. The van der Waals surface area contributed by atoms with Gasteiger partial charge in [-0.15, -0.1) is 0 Å². The third-order valence-electron chi connectivity index (χ3n) is 4.22. The normalized spacial score (nSPS) is 21.1. The quantitative estimate of drug-likeness (QED) is 0.905. The minimum atomic E-state index is 0.514. The summed E-state index contributed by atoms with van der Waals surface area (Å²) < 4.78 is 0. The third kappa shape index (κ3) is 2.51. The van der Waals surface area contributed by atoms with Gasteiger partial charge in [-0.2, -0.15) is 0 Å². The first-order valence-electron chi connectivity index (χ1n) is 7.11. The van der Waals surface area contributed by atoms with Crippen molar-refractivity contribution in [3.63, 3.8) is 0 Å². The third-order valence-corrected chi connectivity index (χ3v) is 4.22. The van der Waals surface area contributed by atoms with Crippen LogP contribution in [0.3, 0.4) is 0 Å². The predicted molar refractivity (Wildman–Crippen MR) is 81.4 cm³/mol. The fraction of sp³-hybridized carbons (Fsp3) is 0.412. The molecule has 0 saturated carbocycles. The summed E-state index contributed by atoms with van der Waals surface area (Å²) in [7, 11) is 4.39. The van der Waals surface area contributed by atoms with E-state index in [1.807, 2.05) is 0 Å². The van der Waals surface area contributed by atoms with Gasteiger partial charge in [-0.05, 0) is 61.9 Å². The van der Waals surface area contributed by atoms with E-state index in [0.717, 1.165) is 19.0 Å². The van der Waals surface area contributed by atoms with Crippen molar-refractivity contribution in [3.05, 3.63) is 48.0 Å². The summed E-state index contributed by atoms with van der Waals surface area (Å²) in [5.74, 6) is 0.719. The number of hydrogen-bond acceptors (Lipinski definition) is 2. The maximum Gasteiger partial charge on any atom is 0.0383 e. The maximum atomic E-state index is 3.49. The molecule has 1 heterocycles. The van der Waals surface area contributed by atoms with Crippen LogP contribution in [0.2, 0.25) is 0 Å². The first kappa shape index (κ1) is 12.6. The van der Waals surface area contributed by atoms with Crippen LogP contribution >= 0.6 is 0 Å². The molecular weight excluding hydrogens is 232 g/mol. The molecule has 2 atom stereocenters. The SMILES string of the molecule is CN(C)C(c1ccc2ccccc2c1)C1CCNC1. The average Bonchev–Trinajstić information content (AvgIpc) is 2.92. The van der Waals surface area contributed by atoms with Crippen molar-refractivity contribution in [2.75, 3.05) is 27.2 Å². The van der Waals surface area contributed by atoms with E-state index in [2.05, 4.69) is 66.8 Å². The monoisotopic (exact) mass is 254 g/mol. The highest BCUT2D eigenvalue weighted by Gasteiger charge is 2.27. The van der Waals surface area contributed by atoms with Crippen molar-refractivity contribution in [3.8, 4) is 0 Å². The van der Waals surface area contributed by atoms with E-state index in [1.54, 1.807) is 0 Å². The highest BCUT2D eigenvalue weighted by Crippen LogP contribution is 2.32. The van der Waals surface area contributed by atoms with E-state index in [4.69, 9.17) is 0 Å². The maximum absolute atomic E-state index is 3.49. The molecule has 1 N–H and O–H groups in total. The second-order valence-corrected chi connectivity index (χ2v) is 5.77. The summed E-state index contributed by atoms with van der Waals surface area (Å²) in [6, 6.07) is 16.0. The number of rotatable bonds is 3. The molecule has 0 bridgehead atoms. The van der Waals surface area contributed by atoms with Crippen LogP contribution in [0.4, 0.5) is 0 Å². The smallest absolute Gasteiger partial charge is 0.0383 e. The number of nitrogens with one attached hydrogen (secondary N) is 1. The molecule has 0 radical (unpaired) electrons. The second kappa shape index (κ2) is 5.32. The molecule has 1 aliphatic heterocycles. The van der Waals surface area contributed by atoms with Crippen LogP contribution in [-0.2, 0) is 0 Å². The lowest BCUT2D eigenvalue weighted by Crippen LogP contribution is -2.28. The molecule has 2 unspecified atom stereocenters. The molecule has 0 aromatic heterocycles. The molecule has 1 fully saturated rings. The van der Waals surface area contributed by atoms with Crippen LogP contribution in [-0.4, -0.2) is 32.1 Å². The molecule has 2 nitrogen and oxygen atoms in total. The summed E-state index contributed by atoms with van der Waals surface area (Å²) in [5.41, 5.74) is 1.44. The summed E-state index contributed by atoms with van der Waals surface area (Å²) in [6.07, 6.45) is 1.27. The zero-order valence-electron chi connectivity index (χ0n) is 11.8. The Bertz CT molecular complexity index is 556. The average molecular weight is 254 g/mol. The van der Waals surface area contributed by atoms with Crippen molar-refractivity contribution >= 4 is 10.8 Å². The highest BCUT2D eigenvalue weighted by atomic mass is 15.1. The zero-order valence-corrected chi connectivity index (χ0v) is 11.8. The van der Waals surface area contributed by atoms with Crippen LogP contribution in [0.5, 0.6) is 0 Å². The second-order valence-electron chi connectivity index (χ2n) is 5.77. The van der Waals surface area contributed by atoms with E-state index in [-0.39, 0.29) is 0 Å². The molecule has 0 spiro atoms. The Morgan fingerprint density at radius 3 is 2.58 bits per heavy atom. The molecule has 2 aromatic rings. The molecule has 1 aliphatic rings. The fourth-order valence-electron chi connectivity index (χ4n) is 3.33. The molecule has 0 amide bonds. The van der Waals surface area contributed by atoms with E-state index < -0.39 is 0 Å². The van der Waals surface area contributed by atoms with Crippen LogP contribution < -0.4 is 5.32 Å². The largest absolute Gasteiger partial charge is 0.316 e. The number of nitrogens with zero attached hydrogens (tertiary/aromatic N) is 1. The Labute approximate surface area is 115 Å². The summed E-state index contributed by atoms with van der Waals surface area (Å²) in [4.78, 5) is 2.36. The molecule has 19 heavy (non-hydrogen) atoms. The van der Waals surface area contributed by atoms with Gasteiger partial charge in [0.25, 0.3) is 0 Å². The fourth-order valence-corrected chi connectivity index (χ4v) is 3.33. The van der Waals surface area contributed by atoms with Gasteiger partial charge in [0.1, 0.15) is 0 Å². The number of hydrogen-bond donors (Lipinski definition) is 1. The Morgan fingerprint density at radius 1 is 1.11 bits per heavy atom. The van der Waals surface area contributed by atoms with Gasteiger partial charge in [-0.1, -0.05) is 36.4 Å². The lowest BCUT2D eigenvalue weighted by molar-refractivity contribution is 0.223.